The highest BCUT2D eigenvalue weighted by molar-refractivity contribution is 7.11. The maximum Gasteiger partial charge on any atom is 0.239 e. The van der Waals surface area contributed by atoms with Gasteiger partial charge >= 0.3 is 0 Å². The number of amides is 1. The molecule has 0 aliphatic carbocycles. The zero-order chi connectivity index (χ0) is 14.5. The zero-order valence-electron chi connectivity index (χ0n) is 12.4. The van der Waals surface area contributed by atoms with Crippen LogP contribution in [0.5, 0.6) is 0 Å². The molecule has 0 spiro atoms. The molecular weight excluding hydrogens is 274 g/mol. The molecule has 0 saturated carbocycles. The number of ether oxygens (including phenoxy) is 1. The first kappa shape index (κ1) is 15.4. The van der Waals surface area contributed by atoms with Crippen molar-refractivity contribution in [2.45, 2.75) is 45.8 Å². The van der Waals surface area contributed by atoms with Crippen molar-refractivity contribution in [3.8, 4) is 0 Å². The Hall–Kier alpha value is -0.980. The molecule has 1 aliphatic heterocycles. The second kappa shape index (κ2) is 7.15. The molecule has 2 heterocycles. The summed E-state index contributed by atoms with van der Waals surface area (Å²) in [4.78, 5) is 17.9. The summed E-state index contributed by atoms with van der Waals surface area (Å²) in [5.41, 5.74) is 1.17. The predicted octanol–water partition coefficient (Wildman–Crippen LogP) is 1.05. The smallest absolute Gasteiger partial charge is 0.239 e. The first-order chi connectivity index (χ1) is 9.61. The number of aromatic nitrogens is 1. The van der Waals surface area contributed by atoms with Crippen LogP contribution in [0.2, 0.25) is 0 Å². The average molecular weight is 297 g/mol. The van der Waals surface area contributed by atoms with E-state index < -0.39 is 0 Å². The van der Waals surface area contributed by atoms with Crippen LogP contribution in [-0.2, 0) is 22.4 Å². The third-order valence-electron chi connectivity index (χ3n) is 3.51. The molecule has 0 unspecified atom stereocenters. The standard InChI is InChI=1S/C14H23N3O2S/c1-4-11-10(3)20-12(17-11)5-6-16-14(18)13-9(2)19-8-7-15-13/h9,13,15H,4-8H2,1-3H3,(H,16,18)/t9-,13+/m1/s1. The van der Waals surface area contributed by atoms with E-state index in [1.807, 2.05) is 6.92 Å². The number of nitrogens with one attached hydrogen (secondary N) is 2. The summed E-state index contributed by atoms with van der Waals surface area (Å²) in [6, 6.07) is -0.243. The maximum absolute atomic E-state index is 12.1. The molecule has 6 heteroatoms. The van der Waals surface area contributed by atoms with Gasteiger partial charge in [-0.25, -0.2) is 4.98 Å². The fraction of sp³-hybridized carbons (Fsp3) is 0.714. The second-order valence-electron chi connectivity index (χ2n) is 5.01. The summed E-state index contributed by atoms with van der Waals surface area (Å²) >= 11 is 1.72. The van der Waals surface area contributed by atoms with E-state index in [2.05, 4.69) is 29.5 Å². The molecule has 112 valence electrons. The Labute approximate surface area is 124 Å². The van der Waals surface area contributed by atoms with Crippen LogP contribution < -0.4 is 10.6 Å². The number of morpholine rings is 1. The number of hydrogen-bond donors (Lipinski definition) is 2. The van der Waals surface area contributed by atoms with Gasteiger partial charge < -0.3 is 15.4 Å². The Morgan fingerprint density at radius 1 is 1.60 bits per heavy atom. The molecule has 20 heavy (non-hydrogen) atoms. The van der Waals surface area contributed by atoms with Crippen LogP contribution in [0, 0.1) is 6.92 Å². The van der Waals surface area contributed by atoms with Crippen molar-refractivity contribution in [3.05, 3.63) is 15.6 Å². The molecule has 0 bridgehead atoms. The van der Waals surface area contributed by atoms with Crippen molar-refractivity contribution in [1.29, 1.82) is 0 Å². The van der Waals surface area contributed by atoms with Crippen molar-refractivity contribution in [2.75, 3.05) is 19.7 Å². The largest absolute Gasteiger partial charge is 0.375 e. The molecule has 1 aromatic rings. The van der Waals surface area contributed by atoms with Crippen LogP contribution in [0.4, 0.5) is 0 Å². The van der Waals surface area contributed by atoms with Crippen molar-refractivity contribution < 1.29 is 9.53 Å². The summed E-state index contributed by atoms with van der Waals surface area (Å²) < 4.78 is 5.48. The lowest BCUT2D eigenvalue weighted by Crippen LogP contribution is -2.55. The van der Waals surface area contributed by atoms with E-state index in [-0.39, 0.29) is 18.1 Å². The van der Waals surface area contributed by atoms with Crippen LogP contribution in [0.15, 0.2) is 0 Å². The third-order valence-corrected chi connectivity index (χ3v) is 4.58. The normalized spacial score (nSPS) is 22.8. The molecule has 1 aromatic heterocycles. The van der Waals surface area contributed by atoms with Gasteiger partial charge in [0.1, 0.15) is 6.04 Å². The molecule has 2 N–H and O–H groups in total. The monoisotopic (exact) mass is 297 g/mol. The Morgan fingerprint density at radius 2 is 2.40 bits per heavy atom. The van der Waals surface area contributed by atoms with E-state index in [1.165, 1.54) is 10.6 Å². The van der Waals surface area contributed by atoms with Crippen molar-refractivity contribution >= 4 is 17.2 Å². The highest BCUT2D eigenvalue weighted by Crippen LogP contribution is 2.18. The summed E-state index contributed by atoms with van der Waals surface area (Å²) in [6.07, 6.45) is 1.69. The number of aryl methyl sites for hydroxylation is 2. The van der Waals surface area contributed by atoms with Crippen LogP contribution in [0.25, 0.3) is 0 Å². The summed E-state index contributed by atoms with van der Waals surface area (Å²) in [7, 11) is 0. The lowest BCUT2D eigenvalue weighted by molar-refractivity contribution is -0.128. The zero-order valence-corrected chi connectivity index (χ0v) is 13.2. The number of carbonyl (C=O) groups is 1. The van der Waals surface area contributed by atoms with E-state index in [4.69, 9.17) is 4.74 Å². The van der Waals surface area contributed by atoms with Gasteiger partial charge in [-0.05, 0) is 20.3 Å². The number of carbonyl (C=O) groups excluding carboxylic acids is 1. The fourth-order valence-corrected chi connectivity index (χ4v) is 3.37. The van der Waals surface area contributed by atoms with E-state index in [0.717, 1.165) is 24.4 Å². The van der Waals surface area contributed by atoms with Gasteiger partial charge in [0.2, 0.25) is 5.91 Å². The average Bonchev–Trinajstić information content (AvgIpc) is 2.79. The van der Waals surface area contributed by atoms with E-state index >= 15 is 0 Å². The SMILES string of the molecule is CCc1nc(CCNC(=O)[C@H]2NCCO[C@@H]2C)sc1C. The summed E-state index contributed by atoms with van der Waals surface area (Å²) in [5, 5.41) is 7.25. The Morgan fingerprint density at radius 3 is 3.05 bits per heavy atom. The summed E-state index contributed by atoms with van der Waals surface area (Å²) in [5.74, 6) is 0.0150. The van der Waals surface area contributed by atoms with Crippen LogP contribution in [0.1, 0.15) is 29.4 Å². The Bertz CT molecular complexity index is 461. The number of nitrogens with zero attached hydrogens (tertiary/aromatic N) is 1. The van der Waals surface area contributed by atoms with Crippen LogP contribution >= 0.6 is 11.3 Å². The third kappa shape index (κ3) is 3.77. The van der Waals surface area contributed by atoms with E-state index in [0.29, 0.717) is 13.2 Å². The van der Waals surface area contributed by atoms with Gasteiger partial charge in [0.15, 0.2) is 0 Å². The molecular formula is C14H23N3O2S. The van der Waals surface area contributed by atoms with Gasteiger partial charge in [-0.15, -0.1) is 11.3 Å². The van der Waals surface area contributed by atoms with Crippen LogP contribution in [0.3, 0.4) is 0 Å². The van der Waals surface area contributed by atoms with Crippen molar-refractivity contribution in [3.63, 3.8) is 0 Å². The van der Waals surface area contributed by atoms with Gasteiger partial charge in [0.25, 0.3) is 0 Å². The van der Waals surface area contributed by atoms with Crippen LogP contribution in [-0.4, -0.2) is 42.7 Å². The molecule has 2 atom stereocenters. The number of thiazole rings is 1. The summed E-state index contributed by atoms with van der Waals surface area (Å²) in [6.45, 7) is 8.17. The quantitative estimate of drug-likeness (QED) is 0.853. The number of hydrogen-bond acceptors (Lipinski definition) is 5. The fourth-order valence-electron chi connectivity index (χ4n) is 2.35. The number of rotatable bonds is 5. The minimum atomic E-state index is -0.243. The molecule has 1 amide bonds. The first-order valence-corrected chi connectivity index (χ1v) is 8.01. The lowest BCUT2D eigenvalue weighted by atomic mass is 10.1. The molecule has 2 rings (SSSR count). The Balaban J connectivity index is 1.78. The highest BCUT2D eigenvalue weighted by Gasteiger charge is 2.27. The Kier molecular flexibility index (Phi) is 5.51. The molecule has 0 aromatic carbocycles. The molecule has 5 nitrogen and oxygen atoms in total. The van der Waals surface area contributed by atoms with Gasteiger partial charge in [0.05, 0.1) is 23.4 Å². The molecule has 1 fully saturated rings. The van der Waals surface area contributed by atoms with Crippen molar-refractivity contribution in [2.24, 2.45) is 0 Å². The molecule has 0 radical (unpaired) electrons. The minimum Gasteiger partial charge on any atom is -0.375 e. The van der Waals surface area contributed by atoms with Crippen molar-refractivity contribution in [1.82, 2.24) is 15.6 Å². The van der Waals surface area contributed by atoms with Gasteiger partial charge in [-0.2, -0.15) is 0 Å². The first-order valence-electron chi connectivity index (χ1n) is 7.19. The highest BCUT2D eigenvalue weighted by atomic mass is 32.1. The van der Waals surface area contributed by atoms with Gasteiger partial charge in [-0.3, -0.25) is 4.79 Å². The topological polar surface area (TPSA) is 63.2 Å². The molecule has 1 saturated heterocycles. The second-order valence-corrected chi connectivity index (χ2v) is 6.30. The predicted molar refractivity (Wildman–Crippen MR) is 80.1 cm³/mol. The van der Waals surface area contributed by atoms with Gasteiger partial charge in [0, 0.05) is 24.4 Å². The molecule has 1 aliphatic rings. The van der Waals surface area contributed by atoms with E-state index in [1.54, 1.807) is 11.3 Å². The lowest BCUT2D eigenvalue weighted by Gasteiger charge is -2.29. The maximum atomic E-state index is 12.1. The van der Waals surface area contributed by atoms with Gasteiger partial charge in [-0.1, -0.05) is 6.92 Å². The van der Waals surface area contributed by atoms with E-state index in [9.17, 15) is 4.79 Å². The minimum absolute atomic E-state index is 0.0150.